The SMILES string of the molecule is CCOC(=O)COc1c(CNc2ccc(Cl)cc2C(=O)Nc2ccc(/C(N)=N/O)cc2)cc(C(O)CO)cc1OCC. The molecule has 0 spiro atoms. The largest absolute Gasteiger partial charge is 0.490 e. The normalized spacial score (nSPS) is 11.9. The number of hydrogen-bond acceptors (Lipinski definition) is 10. The van der Waals surface area contributed by atoms with Crippen molar-refractivity contribution in [3.05, 3.63) is 81.9 Å². The number of oxime groups is 1. The van der Waals surface area contributed by atoms with Gasteiger partial charge in [0, 0.05) is 34.1 Å². The highest BCUT2D eigenvalue weighted by Crippen LogP contribution is 2.36. The molecule has 13 heteroatoms. The molecule has 0 aromatic heterocycles. The minimum atomic E-state index is -1.19. The van der Waals surface area contributed by atoms with Gasteiger partial charge in [-0.2, -0.15) is 0 Å². The number of rotatable bonds is 14. The Morgan fingerprint density at radius 3 is 2.43 bits per heavy atom. The Labute approximate surface area is 247 Å². The lowest BCUT2D eigenvalue weighted by atomic mass is 10.0. The van der Waals surface area contributed by atoms with Gasteiger partial charge in [-0.05, 0) is 74.0 Å². The Hall–Kier alpha value is -4.52. The summed E-state index contributed by atoms with van der Waals surface area (Å²) in [5.74, 6) is -0.614. The molecular formula is C29H33ClN4O8. The Balaban J connectivity index is 1.91. The molecule has 0 aliphatic heterocycles. The zero-order chi connectivity index (χ0) is 30.6. The lowest BCUT2D eigenvalue weighted by molar-refractivity contribution is -0.145. The number of carbonyl (C=O) groups excluding carboxylic acids is 2. The molecule has 0 heterocycles. The third-order valence-electron chi connectivity index (χ3n) is 5.89. The molecule has 1 amide bonds. The molecule has 0 radical (unpaired) electrons. The lowest BCUT2D eigenvalue weighted by Gasteiger charge is -2.20. The van der Waals surface area contributed by atoms with E-state index in [2.05, 4.69) is 15.8 Å². The fourth-order valence-electron chi connectivity index (χ4n) is 3.90. The average Bonchev–Trinajstić information content (AvgIpc) is 2.99. The van der Waals surface area contributed by atoms with E-state index in [0.717, 1.165) is 0 Å². The summed E-state index contributed by atoms with van der Waals surface area (Å²) < 4.78 is 16.5. The predicted octanol–water partition coefficient (Wildman–Crippen LogP) is 3.67. The Morgan fingerprint density at radius 2 is 1.79 bits per heavy atom. The van der Waals surface area contributed by atoms with Crippen molar-refractivity contribution in [1.29, 1.82) is 0 Å². The fraction of sp³-hybridized carbons (Fsp3) is 0.276. The Kier molecular flexibility index (Phi) is 11.8. The molecule has 0 saturated heterocycles. The van der Waals surface area contributed by atoms with Gasteiger partial charge in [-0.25, -0.2) is 4.79 Å². The number of halogens is 1. The number of hydrogen-bond donors (Lipinski definition) is 6. The maximum atomic E-state index is 13.2. The zero-order valence-corrected chi connectivity index (χ0v) is 23.9. The highest BCUT2D eigenvalue weighted by Gasteiger charge is 2.20. The van der Waals surface area contributed by atoms with Crippen LogP contribution >= 0.6 is 11.6 Å². The van der Waals surface area contributed by atoms with Crippen molar-refractivity contribution in [2.75, 3.05) is 37.1 Å². The van der Waals surface area contributed by atoms with Gasteiger partial charge in [-0.1, -0.05) is 16.8 Å². The van der Waals surface area contributed by atoms with Crippen LogP contribution in [0.25, 0.3) is 0 Å². The van der Waals surface area contributed by atoms with Crippen LogP contribution < -0.4 is 25.8 Å². The monoisotopic (exact) mass is 600 g/mol. The van der Waals surface area contributed by atoms with Crippen molar-refractivity contribution in [1.82, 2.24) is 0 Å². The van der Waals surface area contributed by atoms with E-state index in [-0.39, 0.29) is 49.3 Å². The number of esters is 1. The van der Waals surface area contributed by atoms with Crippen LogP contribution in [0.4, 0.5) is 11.4 Å². The molecule has 42 heavy (non-hydrogen) atoms. The molecule has 3 aromatic rings. The van der Waals surface area contributed by atoms with E-state index in [4.69, 9.17) is 36.8 Å². The Morgan fingerprint density at radius 1 is 1.05 bits per heavy atom. The van der Waals surface area contributed by atoms with Gasteiger partial charge in [0.1, 0.15) is 6.10 Å². The van der Waals surface area contributed by atoms with Gasteiger partial charge in [-0.15, -0.1) is 0 Å². The number of aliphatic hydroxyl groups excluding tert-OH is 2. The Bertz CT molecular complexity index is 1420. The first-order valence-corrected chi connectivity index (χ1v) is 13.4. The molecule has 1 atom stereocenters. The second-order valence-electron chi connectivity index (χ2n) is 8.79. The van der Waals surface area contributed by atoms with Crippen molar-refractivity contribution in [2.24, 2.45) is 10.9 Å². The number of aliphatic hydroxyl groups is 2. The molecule has 0 bridgehead atoms. The van der Waals surface area contributed by atoms with E-state index in [1.54, 1.807) is 56.3 Å². The summed E-state index contributed by atoms with van der Waals surface area (Å²) in [6.07, 6.45) is -1.19. The number of ether oxygens (including phenoxy) is 3. The second kappa shape index (κ2) is 15.5. The maximum absolute atomic E-state index is 13.2. The molecule has 3 rings (SSSR count). The number of nitrogens with zero attached hydrogens (tertiary/aromatic N) is 1. The van der Waals surface area contributed by atoms with E-state index >= 15 is 0 Å². The van der Waals surface area contributed by atoms with Crippen LogP contribution in [0.2, 0.25) is 5.02 Å². The molecule has 1 unspecified atom stereocenters. The predicted molar refractivity (Wildman–Crippen MR) is 157 cm³/mol. The van der Waals surface area contributed by atoms with E-state index < -0.39 is 24.6 Å². The van der Waals surface area contributed by atoms with Gasteiger partial charge in [0.25, 0.3) is 5.91 Å². The van der Waals surface area contributed by atoms with Gasteiger partial charge in [0.15, 0.2) is 23.9 Å². The van der Waals surface area contributed by atoms with Gasteiger partial charge < -0.3 is 46.0 Å². The van der Waals surface area contributed by atoms with Gasteiger partial charge in [-0.3, -0.25) is 4.79 Å². The minimum absolute atomic E-state index is 0.0668. The van der Waals surface area contributed by atoms with Crippen LogP contribution in [0, 0.1) is 0 Å². The highest BCUT2D eigenvalue weighted by atomic mass is 35.5. The van der Waals surface area contributed by atoms with E-state index in [0.29, 0.717) is 33.1 Å². The summed E-state index contributed by atoms with van der Waals surface area (Å²) in [7, 11) is 0. The van der Waals surface area contributed by atoms with Crippen LogP contribution in [0.1, 0.15) is 47.0 Å². The summed E-state index contributed by atoms with van der Waals surface area (Å²) in [6.45, 7) is 3.07. The fourth-order valence-corrected chi connectivity index (χ4v) is 4.07. The summed E-state index contributed by atoms with van der Waals surface area (Å²) in [4.78, 5) is 25.3. The molecule has 3 aromatic carbocycles. The lowest BCUT2D eigenvalue weighted by Crippen LogP contribution is -2.18. The van der Waals surface area contributed by atoms with E-state index in [9.17, 15) is 19.8 Å². The molecule has 224 valence electrons. The average molecular weight is 601 g/mol. The van der Waals surface area contributed by atoms with Gasteiger partial charge >= 0.3 is 5.97 Å². The number of benzene rings is 3. The van der Waals surface area contributed by atoms with Crippen molar-refractivity contribution >= 4 is 40.7 Å². The molecule has 0 saturated carbocycles. The highest BCUT2D eigenvalue weighted by molar-refractivity contribution is 6.31. The summed E-state index contributed by atoms with van der Waals surface area (Å²) in [5, 5.41) is 38.0. The van der Waals surface area contributed by atoms with E-state index in [1.807, 2.05) is 0 Å². The molecule has 0 fully saturated rings. The van der Waals surface area contributed by atoms with Gasteiger partial charge in [0.2, 0.25) is 0 Å². The number of anilines is 2. The van der Waals surface area contributed by atoms with Crippen LogP contribution in [0.15, 0.2) is 59.8 Å². The van der Waals surface area contributed by atoms with Crippen molar-refractivity contribution < 1.29 is 39.2 Å². The molecule has 12 nitrogen and oxygen atoms in total. The number of amidine groups is 1. The maximum Gasteiger partial charge on any atom is 0.344 e. The minimum Gasteiger partial charge on any atom is -0.490 e. The first-order valence-electron chi connectivity index (χ1n) is 13.0. The molecular weight excluding hydrogens is 568 g/mol. The number of nitrogens with two attached hydrogens (primary N) is 1. The van der Waals surface area contributed by atoms with Crippen molar-refractivity contribution in [3.8, 4) is 11.5 Å². The summed E-state index contributed by atoms with van der Waals surface area (Å²) >= 11 is 6.21. The van der Waals surface area contributed by atoms with E-state index in [1.165, 1.54) is 12.1 Å². The van der Waals surface area contributed by atoms with Crippen LogP contribution in [0.3, 0.4) is 0 Å². The molecule has 0 aliphatic rings. The topological polar surface area (TPSA) is 185 Å². The summed E-state index contributed by atoms with van der Waals surface area (Å²) in [6, 6.07) is 14.3. The van der Waals surface area contributed by atoms with Crippen LogP contribution in [0.5, 0.6) is 11.5 Å². The van der Waals surface area contributed by atoms with Crippen molar-refractivity contribution in [3.63, 3.8) is 0 Å². The smallest absolute Gasteiger partial charge is 0.344 e. The molecule has 7 N–H and O–H groups in total. The van der Waals surface area contributed by atoms with Gasteiger partial charge in [0.05, 0.1) is 25.4 Å². The van der Waals surface area contributed by atoms with Crippen LogP contribution in [-0.4, -0.2) is 59.6 Å². The number of carbonyl (C=O) groups is 2. The second-order valence-corrected chi connectivity index (χ2v) is 9.23. The van der Waals surface area contributed by atoms with Crippen LogP contribution in [-0.2, 0) is 16.1 Å². The zero-order valence-electron chi connectivity index (χ0n) is 23.1. The first-order chi connectivity index (χ1) is 20.2. The third-order valence-corrected chi connectivity index (χ3v) is 6.13. The third kappa shape index (κ3) is 8.49. The van der Waals surface area contributed by atoms with Crippen molar-refractivity contribution in [2.45, 2.75) is 26.5 Å². The quantitative estimate of drug-likeness (QED) is 0.0524. The molecule has 0 aliphatic carbocycles. The number of nitrogens with one attached hydrogen (secondary N) is 2. The first kappa shape index (κ1) is 32.0. The number of amides is 1. The standard InChI is InChI=1S/C29H33ClN4O8/c1-3-40-25-12-18(24(36)15-35)11-19(27(25)42-16-26(37)41-4-2)14-32-23-10-7-20(30)13-22(23)29(38)33-21-8-5-17(6-9-21)28(31)34-39/h5-13,24,32,35-36,39H,3-4,14-16H2,1-2H3,(H2,31,34)(H,33,38). The summed E-state index contributed by atoms with van der Waals surface area (Å²) in [5.41, 5.74) is 8.03.